The van der Waals surface area contributed by atoms with Crippen LogP contribution in [0.4, 0.5) is 13.2 Å². The Morgan fingerprint density at radius 2 is 2.20 bits per heavy atom. The van der Waals surface area contributed by atoms with Crippen molar-refractivity contribution in [2.24, 2.45) is 0 Å². The van der Waals surface area contributed by atoms with Crippen molar-refractivity contribution < 1.29 is 17.9 Å². The van der Waals surface area contributed by atoms with Gasteiger partial charge in [-0.3, -0.25) is 4.79 Å². The van der Waals surface area contributed by atoms with E-state index in [1.54, 1.807) is 0 Å². The number of aromatic nitrogens is 2. The van der Waals surface area contributed by atoms with Gasteiger partial charge in [0.2, 0.25) is 0 Å². The van der Waals surface area contributed by atoms with Gasteiger partial charge in [0.1, 0.15) is 13.3 Å². The van der Waals surface area contributed by atoms with Crippen molar-refractivity contribution in [1.29, 1.82) is 0 Å². The lowest BCUT2D eigenvalue weighted by molar-refractivity contribution is -0.182. The topological polar surface area (TPSA) is 44.1 Å². The maximum atomic E-state index is 11.7. The molecule has 0 radical (unpaired) electrons. The van der Waals surface area contributed by atoms with Crippen molar-refractivity contribution >= 4 is 22.6 Å². The molecule has 84 valence electrons. The lowest BCUT2D eigenvalue weighted by Gasteiger charge is -2.08. The Morgan fingerprint density at radius 1 is 1.53 bits per heavy atom. The largest absolute Gasteiger partial charge is 0.411 e. The molecule has 0 saturated heterocycles. The molecule has 0 amide bonds. The smallest absolute Gasteiger partial charge is 0.350 e. The summed E-state index contributed by atoms with van der Waals surface area (Å²) >= 11 is 1.88. The summed E-state index contributed by atoms with van der Waals surface area (Å²) in [6.45, 7) is -1.90. The van der Waals surface area contributed by atoms with Gasteiger partial charge in [-0.25, -0.2) is 4.68 Å². The van der Waals surface area contributed by atoms with Crippen molar-refractivity contribution in [2.45, 2.75) is 12.9 Å². The quantitative estimate of drug-likeness (QED) is 0.785. The van der Waals surface area contributed by atoms with Gasteiger partial charge in [0, 0.05) is 9.64 Å². The van der Waals surface area contributed by atoms with Crippen molar-refractivity contribution in [3.63, 3.8) is 0 Å². The van der Waals surface area contributed by atoms with Crippen LogP contribution in [0, 0.1) is 3.57 Å². The summed E-state index contributed by atoms with van der Waals surface area (Å²) in [6, 6.07) is 1.25. The number of halogens is 4. The Kier molecular flexibility index (Phi) is 4.08. The molecule has 0 aromatic carbocycles. The summed E-state index contributed by atoms with van der Waals surface area (Å²) in [5.74, 6) is 0. The predicted octanol–water partition coefficient (Wildman–Crippen LogP) is 1.38. The van der Waals surface area contributed by atoms with Crippen LogP contribution < -0.4 is 5.56 Å². The summed E-state index contributed by atoms with van der Waals surface area (Å²) in [4.78, 5) is 11.1. The molecule has 1 rings (SSSR count). The van der Waals surface area contributed by atoms with Crippen LogP contribution in [0.1, 0.15) is 0 Å². The Bertz CT molecular complexity index is 391. The SMILES string of the molecule is O=c1cc(I)cnn1COCC(F)(F)F. The van der Waals surface area contributed by atoms with E-state index >= 15 is 0 Å². The van der Waals surface area contributed by atoms with Gasteiger partial charge in [-0.1, -0.05) is 0 Å². The average Bonchev–Trinajstić information content (AvgIpc) is 2.07. The van der Waals surface area contributed by atoms with Gasteiger partial charge < -0.3 is 4.74 Å². The third-order valence-electron chi connectivity index (χ3n) is 1.32. The summed E-state index contributed by atoms with van der Waals surface area (Å²) in [5.41, 5.74) is -0.496. The number of nitrogens with zero attached hydrogens (tertiary/aromatic N) is 2. The minimum absolute atomic E-state index is 0.496. The second kappa shape index (κ2) is 4.92. The fraction of sp³-hybridized carbons (Fsp3) is 0.429. The standard InChI is InChI=1S/C7H6F3IN2O2/c8-7(9,10)3-15-4-13-6(14)1-5(11)2-12-13/h1-2H,3-4H2. The lowest BCUT2D eigenvalue weighted by atomic mass is 10.6. The number of alkyl halides is 3. The number of hydrogen-bond donors (Lipinski definition) is 0. The molecule has 0 atom stereocenters. The van der Waals surface area contributed by atoms with E-state index in [2.05, 4.69) is 9.84 Å². The summed E-state index contributed by atoms with van der Waals surface area (Å²) < 4.78 is 40.8. The first-order valence-corrected chi connectivity index (χ1v) is 4.83. The second-order valence-corrected chi connectivity index (χ2v) is 3.85. The Hall–Kier alpha value is -0.640. The van der Waals surface area contributed by atoms with Crippen molar-refractivity contribution in [3.05, 3.63) is 26.2 Å². The van der Waals surface area contributed by atoms with Gasteiger partial charge in [0.25, 0.3) is 5.56 Å². The molecule has 0 fully saturated rings. The van der Waals surface area contributed by atoms with Crippen LogP contribution in [-0.4, -0.2) is 22.6 Å². The van der Waals surface area contributed by atoms with Crippen molar-refractivity contribution in [1.82, 2.24) is 9.78 Å². The first-order valence-electron chi connectivity index (χ1n) is 3.76. The normalized spacial score (nSPS) is 11.7. The zero-order chi connectivity index (χ0) is 11.5. The third kappa shape index (κ3) is 4.60. The molecule has 1 aromatic heterocycles. The molecule has 1 heterocycles. The van der Waals surface area contributed by atoms with Crippen LogP contribution in [0.25, 0.3) is 0 Å². The molecule has 0 aliphatic rings. The highest BCUT2D eigenvalue weighted by atomic mass is 127. The summed E-state index contributed by atoms with van der Waals surface area (Å²) in [6.07, 6.45) is -3.04. The third-order valence-corrected chi connectivity index (χ3v) is 1.91. The van der Waals surface area contributed by atoms with Crippen LogP contribution in [-0.2, 0) is 11.5 Å². The lowest BCUT2D eigenvalue weighted by Crippen LogP contribution is -2.26. The molecule has 4 nitrogen and oxygen atoms in total. The maximum absolute atomic E-state index is 11.7. The molecule has 0 bridgehead atoms. The summed E-state index contributed by atoms with van der Waals surface area (Å²) in [5, 5.41) is 3.60. The van der Waals surface area contributed by atoms with Crippen LogP contribution in [0.2, 0.25) is 0 Å². The highest BCUT2D eigenvalue weighted by Crippen LogP contribution is 2.14. The van der Waals surface area contributed by atoms with Crippen LogP contribution in [0.15, 0.2) is 17.1 Å². The molecule has 0 spiro atoms. The number of hydrogen-bond acceptors (Lipinski definition) is 3. The van der Waals surface area contributed by atoms with Gasteiger partial charge in [0.15, 0.2) is 0 Å². The summed E-state index contributed by atoms with van der Waals surface area (Å²) in [7, 11) is 0. The Labute approximate surface area is 96.2 Å². The van der Waals surface area contributed by atoms with E-state index < -0.39 is 25.1 Å². The van der Waals surface area contributed by atoms with Crippen LogP contribution in [0.3, 0.4) is 0 Å². The zero-order valence-electron chi connectivity index (χ0n) is 7.29. The Balaban J connectivity index is 2.55. The van der Waals surface area contributed by atoms with E-state index in [-0.39, 0.29) is 0 Å². The van der Waals surface area contributed by atoms with Crippen molar-refractivity contribution in [3.8, 4) is 0 Å². The molecule has 0 saturated carbocycles. The molecule has 0 aliphatic heterocycles. The van der Waals surface area contributed by atoms with Gasteiger partial charge in [-0.2, -0.15) is 18.3 Å². The van der Waals surface area contributed by atoms with E-state index in [4.69, 9.17) is 0 Å². The van der Waals surface area contributed by atoms with Gasteiger partial charge >= 0.3 is 6.18 Å². The predicted molar refractivity (Wildman–Crippen MR) is 53.2 cm³/mol. The molecular formula is C7H6F3IN2O2. The van der Waals surface area contributed by atoms with E-state index in [0.29, 0.717) is 3.57 Å². The minimum atomic E-state index is -4.40. The zero-order valence-corrected chi connectivity index (χ0v) is 9.45. The molecule has 0 aliphatic carbocycles. The molecule has 15 heavy (non-hydrogen) atoms. The molecule has 0 N–H and O–H groups in total. The first-order chi connectivity index (χ1) is 6.88. The van der Waals surface area contributed by atoms with Crippen LogP contribution in [0.5, 0.6) is 0 Å². The molecular weight excluding hydrogens is 328 g/mol. The molecule has 8 heteroatoms. The highest BCUT2D eigenvalue weighted by Gasteiger charge is 2.27. The number of rotatable bonds is 3. The fourth-order valence-electron chi connectivity index (χ4n) is 0.756. The first kappa shape index (κ1) is 12.4. The molecule has 0 unspecified atom stereocenters. The monoisotopic (exact) mass is 334 g/mol. The van der Waals surface area contributed by atoms with Gasteiger partial charge in [0.05, 0.1) is 6.20 Å². The second-order valence-electron chi connectivity index (χ2n) is 2.60. The average molecular weight is 334 g/mol. The van der Waals surface area contributed by atoms with Gasteiger partial charge in [-0.15, -0.1) is 0 Å². The Morgan fingerprint density at radius 3 is 2.73 bits per heavy atom. The highest BCUT2D eigenvalue weighted by molar-refractivity contribution is 14.1. The number of ether oxygens (including phenoxy) is 1. The molecule has 1 aromatic rings. The van der Waals surface area contributed by atoms with E-state index in [9.17, 15) is 18.0 Å². The van der Waals surface area contributed by atoms with E-state index in [1.807, 2.05) is 22.6 Å². The minimum Gasteiger partial charge on any atom is -0.350 e. The van der Waals surface area contributed by atoms with E-state index in [0.717, 1.165) is 4.68 Å². The van der Waals surface area contributed by atoms with Gasteiger partial charge in [-0.05, 0) is 22.6 Å². The van der Waals surface area contributed by atoms with Crippen molar-refractivity contribution in [2.75, 3.05) is 6.61 Å². The van der Waals surface area contributed by atoms with Crippen LogP contribution >= 0.6 is 22.6 Å². The maximum Gasteiger partial charge on any atom is 0.411 e. The van der Waals surface area contributed by atoms with E-state index in [1.165, 1.54) is 12.3 Å². The fourth-order valence-corrected chi connectivity index (χ4v) is 1.15.